The van der Waals surface area contributed by atoms with Crippen molar-refractivity contribution < 1.29 is 18.3 Å². The number of nitrogens with zero attached hydrogens (tertiary/aromatic N) is 1. The minimum atomic E-state index is -0.739. The van der Waals surface area contributed by atoms with Gasteiger partial charge in [-0.15, -0.1) is 11.8 Å². The number of aromatic amines is 1. The van der Waals surface area contributed by atoms with Crippen molar-refractivity contribution in [1.29, 1.82) is 0 Å². The molecular formula is C19H21F2N3O3S. The van der Waals surface area contributed by atoms with Crippen LogP contribution in [-0.4, -0.2) is 33.6 Å². The molecule has 0 bridgehead atoms. The van der Waals surface area contributed by atoms with E-state index in [-0.39, 0.29) is 40.0 Å². The fraction of sp³-hybridized carbons (Fsp3) is 0.474. The SMILES string of the molecule is CC1(C)C[C@H](n2[nH]c(=O)c3c2NC(=O)CS[C@H]3c2ccc(F)cc2F)CCO1. The Labute approximate surface area is 164 Å². The van der Waals surface area contributed by atoms with E-state index in [2.05, 4.69) is 10.4 Å². The Balaban J connectivity index is 1.82. The number of carbonyl (C=O) groups excluding carboxylic acids is 1. The first-order chi connectivity index (χ1) is 13.2. The molecule has 3 heterocycles. The molecule has 6 nitrogen and oxygen atoms in total. The predicted molar refractivity (Wildman–Crippen MR) is 103 cm³/mol. The smallest absolute Gasteiger partial charge is 0.270 e. The molecule has 28 heavy (non-hydrogen) atoms. The van der Waals surface area contributed by atoms with Crippen molar-refractivity contribution in [3.63, 3.8) is 0 Å². The highest BCUT2D eigenvalue weighted by Crippen LogP contribution is 2.42. The number of nitrogens with one attached hydrogen (secondary N) is 2. The highest BCUT2D eigenvalue weighted by Gasteiger charge is 2.36. The first-order valence-electron chi connectivity index (χ1n) is 9.10. The number of carbonyl (C=O) groups is 1. The fourth-order valence-corrected chi connectivity index (χ4v) is 5.04. The lowest BCUT2D eigenvalue weighted by molar-refractivity contribution is -0.113. The van der Waals surface area contributed by atoms with E-state index >= 15 is 0 Å². The summed E-state index contributed by atoms with van der Waals surface area (Å²) < 4.78 is 35.2. The molecule has 4 rings (SSSR count). The number of fused-ring (bicyclic) bond motifs is 1. The molecule has 1 aromatic heterocycles. The minimum absolute atomic E-state index is 0.0644. The molecule has 2 aliphatic heterocycles. The Bertz CT molecular complexity index is 985. The molecule has 9 heteroatoms. The van der Waals surface area contributed by atoms with Gasteiger partial charge < -0.3 is 10.1 Å². The summed E-state index contributed by atoms with van der Waals surface area (Å²) in [5, 5.41) is 4.91. The second-order valence-corrected chi connectivity index (χ2v) is 8.83. The van der Waals surface area contributed by atoms with Crippen LogP contribution in [0, 0.1) is 11.6 Å². The van der Waals surface area contributed by atoms with Gasteiger partial charge in [0.25, 0.3) is 5.56 Å². The van der Waals surface area contributed by atoms with Crippen LogP contribution >= 0.6 is 11.8 Å². The van der Waals surface area contributed by atoms with Crippen LogP contribution in [0.2, 0.25) is 0 Å². The van der Waals surface area contributed by atoms with Gasteiger partial charge in [0.1, 0.15) is 17.5 Å². The highest BCUT2D eigenvalue weighted by molar-refractivity contribution is 8.00. The fourth-order valence-electron chi connectivity index (χ4n) is 3.90. The third-order valence-electron chi connectivity index (χ3n) is 5.14. The molecule has 2 atom stereocenters. The minimum Gasteiger partial charge on any atom is -0.375 e. The summed E-state index contributed by atoms with van der Waals surface area (Å²) in [5.41, 5.74) is -0.281. The maximum atomic E-state index is 14.5. The van der Waals surface area contributed by atoms with E-state index in [0.29, 0.717) is 25.3 Å². The largest absolute Gasteiger partial charge is 0.375 e. The zero-order chi connectivity index (χ0) is 20.1. The quantitative estimate of drug-likeness (QED) is 0.798. The third-order valence-corrected chi connectivity index (χ3v) is 6.40. The number of benzene rings is 1. The van der Waals surface area contributed by atoms with Crippen molar-refractivity contribution in [3.8, 4) is 0 Å². The summed E-state index contributed by atoms with van der Waals surface area (Å²) >= 11 is 1.15. The number of hydrogen-bond acceptors (Lipinski definition) is 4. The predicted octanol–water partition coefficient (Wildman–Crippen LogP) is 3.36. The molecule has 1 amide bonds. The summed E-state index contributed by atoms with van der Waals surface area (Å²) in [6, 6.07) is 3.21. The van der Waals surface area contributed by atoms with Gasteiger partial charge in [0.15, 0.2) is 0 Å². The maximum absolute atomic E-state index is 14.5. The van der Waals surface area contributed by atoms with E-state index in [1.165, 1.54) is 6.07 Å². The van der Waals surface area contributed by atoms with Crippen LogP contribution in [0.4, 0.5) is 14.6 Å². The molecule has 1 fully saturated rings. The van der Waals surface area contributed by atoms with Crippen LogP contribution in [0.15, 0.2) is 23.0 Å². The molecule has 0 radical (unpaired) electrons. The Morgan fingerprint density at radius 1 is 1.29 bits per heavy atom. The van der Waals surface area contributed by atoms with Crippen molar-refractivity contribution in [1.82, 2.24) is 9.78 Å². The number of aromatic nitrogens is 2. The number of H-pyrrole nitrogens is 1. The zero-order valence-electron chi connectivity index (χ0n) is 15.6. The van der Waals surface area contributed by atoms with Gasteiger partial charge in [0, 0.05) is 18.2 Å². The molecule has 2 aliphatic rings. The van der Waals surface area contributed by atoms with Crippen LogP contribution in [0.25, 0.3) is 0 Å². The van der Waals surface area contributed by atoms with E-state index in [1.807, 2.05) is 13.8 Å². The average Bonchev–Trinajstić information content (AvgIpc) is 2.81. The molecular weight excluding hydrogens is 388 g/mol. The standard InChI is InChI=1S/C19H21F2N3O3S/c1-19(2)8-11(5-6-27-19)24-17-15(18(26)23-24)16(28-9-14(25)22-17)12-4-3-10(20)7-13(12)21/h3-4,7,11,16H,5-6,8-9H2,1-2H3,(H,22,25)(H,23,26)/t11-,16+/m1/s1. The zero-order valence-corrected chi connectivity index (χ0v) is 16.4. The molecule has 150 valence electrons. The highest BCUT2D eigenvalue weighted by atomic mass is 32.2. The molecule has 0 aliphatic carbocycles. The van der Waals surface area contributed by atoms with Crippen LogP contribution in [-0.2, 0) is 9.53 Å². The van der Waals surface area contributed by atoms with Crippen LogP contribution in [0.3, 0.4) is 0 Å². The number of rotatable bonds is 2. The van der Waals surface area contributed by atoms with Crippen molar-refractivity contribution in [2.24, 2.45) is 0 Å². The van der Waals surface area contributed by atoms with Gasteiger partial charge in [-0.3, -0.25) is 19.4 Å². The summed E-state index contributed by atoms with van der Waals surface area (Å²) in [4.78, 5) is 25.1. The van der Waals surface area contributed by atoms with Gasteiger partial charge in [-0.25, -0.2) is 8.78 Å². The number of ether oxygens (including phenoxy) is 1. The lowest BCUT2D eigenvalue weighted by atomic mass is 9.94. The summed E-state index contributed by atoms with van der Waals surface area (Å²) in [5.74, 6) is -1.27. The molecule has 0 saturated carbocycles. The number of hydrogen-bond donors (Lipinski definition) is 2. The van der Waals surface area contributed by atoms with Gasteiger partial charge in [-0.2, -0.15) is 0 Å². The number of anilines is 1. The second-order valence-electron chi connectivity index (χ2n) is 7.73. The average molecular weight is 409 g/mol. The lowest BCUT2D eigenvalue weighted by Crippen LogP contribution is -2.36. The van der Waals surface area contributed by atoms with Crippen molar-refractivity contribution >= 4 is 23.5 Å². The van der Waals surface area contributed by atoms with Gasteiger partial charge in [-0.05, 0) is 32.8 Å². The third kappa shape index (κ3) is 3.48. The maximum Gasteiger partial charge on any atom is 0.270 e. The molecule has 1 aromatic carbocycles. The molecule has 0 spiro atoms. The van der Waals surface area contributed by atoms with E-state index < -0.39 is 16.9 Å². The van der Waals surface area contributed by atoms with Crippen LogP contribution in [0.5, 0.6) is 0 Å². The number of amides is 1. The van der Waals surface area contributed by atoms with Crippen LogP contribution < -0.4 is 10.9 Å². The topological polar surface area (TPSA) is 76.1 Å². The van der Waals surface area contributed by atoms with Crippen molar-refractivity contribution in [3.05, 3.63) is 51.3 Å². The van der Waals surface area contributed by atoms with E-state index in [4.69, 9.17) is 4.74 Å². The van der Waals surface area contributed by atoms with Gasteiger partial charge in [0.2, 0.25) is 5.91 Å². The first-order valence-corrected chi connectivity index (χ1v) is 10.1. The van der Waals surface area contributed by atoms with E-state index in [1.54, 1.807) is 4.68 Å². The lowest BCUT2D eigenvalue weighted by Gasteiger charge is -2.36. The monoisotopic (exact) mass is 409 g/mol. The van der Waals surface area contributed by atoms with Gasteiger partial charge >= 0.3 is 0 Å². The Kier molecular flexibility index (Phi) is 4.83. The summed E-state index contributed by atoms with van der Waals surface area (Å²) in [7, 11) is 0. The Hall–Kier alpha value is -2.13. The summed E-state index contributed by atoms with van der Waals surface area (Å²) in [6.07, 6.45) is 1.34. The second kappa shape index (κ2) is 7.04. The summed E-state index contributed by atoms with van der Waals surface area (Å²) in [6.45, 7) is 4.49. The van der Waals surface area contributed by atoms with Crippen molar-refractivity contribution in [2.45, 2.75) is 43.6 Å². The number of halogens is 2. The molecule has 1 saturated heterocycles. The molecule has 2 N–H and O–H groups in total. The van der Waals surface area contributed by atoms with Gasteiger partial charge in [0.05, 0.1) is 28.2 Å². The normalized spacial score (nSPS) is 24.4. The number of thioether (sulfide) groups is 1. The van der Waals surface area contributed by atoms with Gasteiger partial charge in [-0.1, -0.05) is 6.07 Å². The molecule has 0 unspecified atom stereocenters. The first kappa shape index (κ1) is 19.2. The Morgan fingerprint density at radius 2 is 2.07 bits per heavy atom. The van der Waals surface area contributed by atoms with Crippen LogP contribution in [0.1, 0.15) is 49.1 Å². The van der Waals surface area contributed by atoms with E-state index in [9.17, 15) is 18.4 Å². The van der Waals surface area contributed by atoms with Crippen molar-refractivity contribution in [2.75, 3.05) is 17.7 Å². The Morgan fingerprint density at radius 3 is 2.79 bits per heavy atom. The van der Waals surface area contributed by atoms with E-state index in [0.717, 1.165) is 23.9 Å². The molecule has 2 aromatic rings.